The molecular weight excluding hydrogens is 322 g/mol. The van der Waals surface area contributed by atoms with Crippen LogP contribution in [-0.4, -0.2) is 32.1 Å². The lowest BCUT2D eigenvalue weighted by Gasteiger charge is -2.21. The Morgan fingerprint density at radius 3 is 2.64 bits per heavy atom. The minimum absolute atomic E-state index is 0.271. The molecule has 2 amide bonds. The molecule has 8 heteroatoms. The zero-order valence-corrected chi connectivity index (χ0v) is 15.0. The molecule has 0 unspecified atom stereocenters. The van der Waals surface area contributed by atoms with E-state index < -0.39 is 0 Å². The summed E-state index contributed by atoms with van der Waals surface area (Å²) in [4.78, 5) is 29.6. The average Bonchev–Trinajstić information content (AvgIpc) is 3.09. The normalized spacial score (nSPS) is 14.1. The Morgan fingerprint density at radius 1 is 1.24 bits per heavy atom. The van der Waals surface area contributed by atoms with Gasteiger partial charge in [0.2, 0.25) is 0 Å². The van der Waals surface area contributed by atoms with E-state index in [-0.39, 0.29) is 28.9 Å². The van der Waals surface area contributed by atoms with Gasteiger partial charge in [-0.2, -0.15) is 0 Å². The molecule has 0 saturated carbocycles. The number of anilines is 1. The molecule has 0 aromatic carbocycles. The number of hydrogen-bond acceptors (Lipinski definition) is 5. The number of nitrogens with zero attached hydrogens (tertiary/aromatic N) is 3. The third-order valence-electron chi connectivity index (χ3n) is 3.89. The predicted molar refractivity (Wildman–Crippen MR) is 91.6 cm³/mol. The summed E-state index contributed by atoms with van der Waals surface area (Å²) < 4.78 is 6.81. The van der Waals surface area contributed by atoms with Crippen molar-refractivity contribution in [1.82, 2.24) is 20.0 Å². The Hall–Kier alpha value is -2.64. The lowest BCUT2D eigenvalue weighted by molar-refractivity contribution is 0.0903. The number of rotatable bonds is 3. The molecule has 3 rings (SSSR count). The second-order valence-corrected chi connectivity index (χ2v) is 7.32. The summed E-state index contributed by atoms with van der Waals surface area (Å²) in [6.45, 7) is 8.16. The second kappa shape index (κ2) is 6.34. The van der Waals surface area contributed by atoms with E-state index in [4.69, 9.17) is 4.52 Å². The van der Waals surface area contributed by atoms with Crippen LogP contribution in [0.15, 0.2) is 10.6 Å². The Morgan fingerprint density at radius 2 is 2.00 bits per heavy atom. The standard InChI is InChI=1S/C17H23N5O3/c1-10-9-12(21-25-10)18-15(23)13-11-7-5-6-8-22(11)14(19-13)16(24)20-17(2,3)4/h9H,5-8H2,1-4H3,(H,20,24)(H,18,21,23). The van der Waals surface area contributed by atoms with Crippen molar-refractivity contribution in [1.29, 1.82) is 0 Å². The Balaban J connectivity index is 1.91. The highest BCUT2D eigenvalue weighted by Gasteiger charge is 2.29. The Labute approximate surface area is 146 Å². The first-order chi connectivity index (χ1) is 11.7. The fourth-order valence-electron chi connectivity index (χ4n) is 2.90. The average molecular weight is 345 g/mol. The summed E-state index contributed by atoms with van der Waals surface area (Å²) >= 11 is 0. The first-order valence-electron chi connectivity index (χ1n) is 8.41. The maximum Gasteiger partial charge on any atom is 0.287 e. The highest BCUT2D eigenvalue weighted by molar-refractivity contribution is 6.04. The molecule has 1 aliphatic rings. The van der Waals surface area contributed by atoms with E-state index in [9.17, 15) is 9.59 Å². The molecule has 0 spiro atoms. The molecule has 0 radical (unpaired) electrons. The van der Waals surface area contributed by atoms with Crippen LogP contribution in [0.3, 0.4) is 0 Å². The third kappa shape index (κ3) is 3.72. The van der Waals surface area contributed by atoms with Crippen LogP contribution in [0, 0.1) is 6.92 Å². The molecule has 134 valence electrons. The van der Waals surface area contributed by atoms with Gasteiger partial charge in [0.25, 0.3) is 11.8 Å². The van der Waals surface area contributed by atoms with Crippen LogP contribution in [0.4, 0.5) is 5.82 Å². The number of aromatic nitrogens is 3. The van der Waals surface area contributed by atoms with E-state index in [1.165, 1.54) is 0 Å². The SMILES string of the molecule is Cc1cc(NC(=O)c2nc(C(=O)NC(C)(C)C)n3c2CCCC3)no1. The Kier molecular flexibility index (Phi) is 4.36. The monoisotopic (exact) mass is 345 g/mol. The number of carbonyl (C=O) groups is 2. The molecule has 1 aliphatic heterocycles. The van der Waals surface area contributed by atoms with Crippen LogP contribution in [0.5, 0.6) is 0 Å². The first-order valence-corrected chi connectivity index (χ1v) is 8.41. The topological polar surface area (TPSA) is 102 Å². The van der Waals surface area contributed by atoms with E-state index in [1.54, 1.807) is 13.0 Å². The molecule has 0 atom stereocenters. The van der Waals surface area contributed by atoms with Crippen LogP contribution >= 0.6 is 0 Å². The van der Waals surface area contributed by atoms with Crippen molar-refractivity contribution in [3.8, 4) is 0 Å². The van der Waals surface area contributed by atoms with Crippen molar-refractivity contribution in [2.24, 2.45) is 0 Å². The van der Waals surface area contributed by atoms with E-state index >= 15 is 0 Å². The van der Waals surface area contributed by atoms with Gasteiger partial charge in [-0.25, -0.2) is 4.98 Å². The molecule has 3 heterocycles. The minimum atomic E-state index is -0.381. The summed E-state index contributed by atoms with van der Waals surface area (Å²) in [5, 5.41) is 9.35. The number of imidazole rings is 1. The van der Waals surface area contributed by atoms with Crippen molar-refractivity contribution < 1.29 is 14.1 Å². The second-order valence-electron chi connectivity index (χ2n) is 7.32. The Bertz CT molecular complexity index is 813. The zero-order chi connectivity index (χ0) is 18.2. The summed E-state index contributed by atoms with van der Waals surface area (Å²) in [5.41, 5.74) is 0.696. The van der Waals surface area contributed by atoms with Crippen LogP contribution < -0.4 is 10.6 Å². The number of aryl methyl sites for hydroxylation is 1. The molecule has 0 aliphatic carbocycles. The van der Waals surface area contributed by atoms with Gasteiger partial charge in [0.1, 0.15) is 5.76 Å². The number of hydrogen-bond donors (Lipinski definition) is 2. The van der Waals surface area contributed by atoms with Crippen LogP contribution in [0.2, 0.25) is 0 Å². The summed E-state index contributed by atoms with van der Waals surface area (Å²) in [7, 11) is 0. The van der Waals surface area contributed by atoms with Gasteiger partial charge in [-0.15, -0.1) is 0 Å². The fraction of sp³-hybridized carbons (Fsp3) is 0.529. The maximum atomic E-state index is 12.6. The van der Waals surface area contributed by atoms with Gasteiger partial charge in [0.15, 0.2) is 17.3 Å². The van der Waals surface area contributed by atoms with Crippen LogP contribution in [0.25, 0.3) is 0 Å². The van der Waals surface area contributed by atoms with Crippen LogP contribution in [-0.2, 0) is 13.0 Å². The highest BCUT2D eigenvalue weighted by atomic mass is 16.5. The van der Waals surface area contributed by atoms with Gasteiger partial charge in [-0.3, -0.25) is 9.59 Å². The predicted octanol–water partition coefficient (Wildman–Crippen LogP) is 2.30. The summed E-state index contributed by atoms with van der Waals surface area (Å²) in [6, 6.07) is 1.63. The lowest BCUT2D eigenvalue weighted by Crippen LogP contribution is -2.42. The van der Waals surface area contributed by atoms with Crippen molar-refractivity contribution in [2.75, 3.05) is 5.32 Å². The number of amides is 2. The van der Waals surface area contributed by atoms with Crippen molar-refractivity contribution in [2.45, 2.75) is 59.0 Å². The fourth-order valence-corrected chi connectivity index (χ4v) is 2.90. The van der Waals surface area contributed by atoms with E-state index in [2.05, 4.69) is 20.8 Å². The molecule has 2 aromatic rings. The zero-order valence-electron chi connectivity index (χ0n) is 15.0. The van der Waals surface area contributed by atoms with Gasteiger partial charge in [0.05, 0.1) is 5.69 Å². The minimum Gasteiger partial charge on any atom is -0.360 e. The smallest absolute Gasteiger partial charge is 0.287 e. The van der Waals surface area contributed by atoms with Crippen molar-refractivity contribution >= 4 is 17.6 Å². The summed E-state index contributed by atoms with van der Waals surface area (Å²) in [6.07, 6.45) is 2.65. The van der Waals surface area contributed by atoms with Crippen LogP contribution in [0.1, 0.15) is 66.2 Å². The molecule has 25 heavy (non-hydrogen) atoms. The third-order valence-corrected chi connectivity index (χ3v) is 3.89. The number of nitrogens with one attached hydrogen (secondary N) is 2. The molecule has 0 bridgehead atoms. The number of fused-ring (bicyclic) bond motifs is 1. The van der Waals surface area contributed by atoms with E-state index in [0.717, 1.165) is 25.0 Å². The van der Waals surface area contributed by atoms with Crippen molar-refractivity contribution in [3.63, 3.8) is 0 Å². The van der Waals surface area contributed by atoms with Gasteiger partial charge < -0.3 is 19.7 Å². The quantitative estimate of drug-likeness (QED) is 0.888. The first kappa shape index (κ1) is 17.2. The largest absolute Gasteiger partial charge is 0.360 e. The van der Waals surface area contributed by atoms with E-state index in [0.29, 0.717) is 18.1 Å². The number of carbonyl (C=O) groups excluding carboxylic acids is 2. The summed E-state index contributed by atoms with van der Waals surface area (Å²) in [5.74, 6) is 0.569. The van der Waals surface area contributed by atoms with Gasteiger partial charge in [-0.05, 0) is 47.0 Å². The lowest BCUT2D eigenvalue weighted by atomic mass is 10.1. The van der Waals surface area contributed by atoms with E-state index in [1.807, 2.05) is 25.3 Å². The molecular formula is C17H23N5O3. The molecule has 2 N–H and O–H groups in total. The highest BCUT2D eigenvalue weighted by Crippen LogP contribution is 2.22. The van der Waals surface area contributed by atoms with Gasteiger partial charge in [0, 0.05) is 18.2 Å². The molecule has 2 aromatic heterocycles. The maximum absolute atomic E-state index is 12.6. The van der Waals surface area contributed by atoms with Gasteiger partial charge in [-0.1, -0.05) is 5.16 Å². The molecule has 0 saturated heterocycles. The molecule has 8 nitrogen and oxygen atoms in total. The van der Waals surface area contributed by atoms with Crippen molar-refractivity contribution in [3.05, 3.63) is 29.0 Å². The molecule has 0 fully saturated rings. The van der Waals surface area contributed by atoms with Gasteiger partial charge >= 0.3 is 0 Å².